The van der Waals surface area contributed by atoms with Gasteiger partial charge in [0.25, 0.3) is 0 Å². The summed E-state index contributed by atoms with van der Waals surface area (Å²) in [6.07, 6.45) is 43.3. The molecule has 0 fully saturated rings. The number of hydrogen-bond acceptors (Lipinski definition) is 7. The first-order chi connectivity index (χ1) is 27.0. The highest BCUT2D eigenvalue weighted by molar-refractivity contribution is 7.47. The lowest BCUT2D eigenvalue weighted by molar-refractivity contribution is -0.870. The SMILES string of the molecule is CCCCC/C=C\C/C=C\CCCCCCCCCCCC(=O)O[C@H](COC(=O)CCCCCCC/C=C\CCCCCC)COP(=O)(O)OCC[N+](C)(C)C. The molecule has 0 saturated carbocycles. The average Bonchev–Trinajstić information content (AvgIpc) is 3.15. The molecule has 0 rings (SSSR count). The second kappa shape index (κ2) is 38.7. The summed E-state index contributed by atoms with van der Waals surface area (Å²) >= 11 is 0. The summed E-state index contributed by atoms with van der Waals surface area (Å²) in [5.74, 6) is -0.812. The van der Waals surface area contributed by atoms with Gasteiger partial charge in [-0.1, -0.05) is 147 Å². The lowest BCUT2D eigenvalue weighted by Gasteiger charge is -2.24. The predicted molar refractivity (Wildman–Crippen MR) is 234 cm³/mol. The summed E-state index contributed by atoms with van der Waals surface area (Å²) < 4.78 is 34.3. The van der Waals surface area contributed by atoms with Crippen molar-refractivity contribution in [3.63, 3.8) is 0 Å². The summed E-state index contributed by atoms with van der Waals surface area (Å²) in [6, 6.07) is 0. The maximum absolute atomic E-state index is 12.7. The minimum atomic E-state index is -4.38. The molecule has 9 nitrogen and oxygen atoms in total. The zero-order valence-corrected chi connectivity index (χ0v) is 37.8. The van der Waals surface area contributed by atoms with Gasteiger partial charge in [0.2, 0.25) is 0 Å². The van der Waals surface area contributed by atoms with Crippen molar-refractivity contribution >= 4 is 19.8 Å². The van der Waals surface area contributed by atoms with Crippen LogP contribution in [-0.4, -0.2) is 74.9 Å². The lowest BCUT2D eigenvalue weighted by atomic mass is 10.1. The van der Waals surface area contributed by atoms with Crippen LogP contribution in [0.2, 0.25) is 0 Å². The van der Waals surface area contributed by atoms with Gasteiger partial charge in [0, 0.05) is 12.8 Å². The number of rotatable bonds is 41. The molecule has 10 heteroatoms. The van der Waals surface area contributed by atoms with Gasteiger partial charge in [0.05, 0.1) is 27.7 Å². The number of ether oxygens (including phenoxy) is 2. The first-order valence-electron chi connectivity index (χ1n) is 22.7. The van der Waals surface area contributed by atoms with Crippen LogP contribution < -0.4 is 0 Å². The van der Waals surface area contributed by atoms with Gasteiger partial charge in [-0.25, -0.2) is 4.57 Å². The summed E-state index contributed by atoms with van der Waals surface area (Å²) in [6.45, 7) is 4.37. The Hall–Kier alpha value is -1.77. The standard InChI is InChI=1S/C46H86NO8P/c1-6-8-10-12-14-16-18-20-21-22-23-24-25-27-29-31-33-35-37-39-46(49)55-44(43-54-56(50,51)53-41-40-47(3,4)5)42-52-45(48)38-36-34-32-30-28-26-19-17-15-13-11-9-7-2/h14,16-17,19-21,44H,6-13,15,18,22-43H2,1-5H3/p+1/b16-14-,19-17-,21-20-/t44-/m1/s1. The molecular weight excluding hydrogens is 725 g/mol. The number of phosphoric ester groups is 1. The number of likely N-dealkylation sites (N-methyl/N-ethyl adjacent to an activating group) is 1. The molecule has 1 N–H and O–H groups in total. The summed E-state index contributed by atoms with van der Waals surface area (Å²) in [7, 11) is 1.47. The number of phosphoric acid groups is 1. The highest BCUT2D eigenvalue weighted by Gasteiger charge is 2.27. The third-order valence-electron chi connectivity index (χ3n) is 9.64. The van der Waals surface area contributed by atoms with Crippen molar-refractivity contribution in [2.45, 2.75) is 200 Å². The molecule has 2 atom stereocenters. The van der Waals surface area contributed by atoms with Gasteiger partial charge in [-0.2, -0.15) is 0 Å². The number of carbonyl (C=O) groups is 2. The Bertz CT molecular complexity index is 1050. The van der Waals surface area contributed by atoms with E-state index in [1.807, 2.05) is 21.1 Å². The molecular formula is C46H87NO8P+. The summed E-state index contributed by atoms with van der Waals surface area (Å²) in [5, 5.41) is 0. The van der Waals surface area contributed by atoms with Crippen LogP contribution in [0.4, 0.5) is 0 Å². The Morgan fingerprint density at radius 3 is 1.46 bits per heavy atom. The van der Waals surface area contributed by atoms with E-state index in [9.17, 15) is 19.0 Å². The van der Waals surface area contributed by atoms with Crippen LogP contribution in [0.1, 0.15) is 194 Å². The molecule has 0 heterocycles. The zero-order chi connectivity index (χ0) is 41.4. The fourth-order valence-corrected chi connectivity index (χ4v) is 6.78. The van der Waals surface area contributed by atoms with E-state index in [0.29, 0.717) is 17.4 Å². The van der Waals surface area contributed by atoms with Crippen molar-refractivity contribution in [3.05, 3.63) is 36.5 Å². The van der Waals surface area contributed by atoms with Gasteiger partial charge in [-0.3, -0.25) is 18.6 Å². The molecule has 56 heavy (non-hydrogen) atoms. The van der Waals surface area contributed by atoms with E-state index in [0.717, 1.165) is 70.6 Å². The highest BCUT2D eigenvalue weighted by Crippen LogP contribution is 2.43. The average molecular weight is 813 g/mol. The largest absolute Gasteiger partial charge is 0.472 e. The van der Waals surface area contributed by atoms with Crippen LogP contribution in [0, 0.1) is 0 Å². The van der Waals surface area contributed by atoms with Gasteiger partial charge in [-0.15, -0.1) is 0 Å². The summed E-state index contributed by atoms with van der Waals surface area (Å²) in [4.78, 5) is 35.4. The number of carbonyl (C=O) groups excluding carboxylic acids is 2. The van der Waals surface area contributed by atoms with E-state index in [2.05, 4.69) is 50.3 Å². The van der Waals surface area contributed by atoms with Crippen LogP contribution in [0.25, 0.3) is 0 Å². The first-order valence-corrected chi connectivity index (χ1v) is 24.2. The molecule has 0 bridgehead atoms. The Morgan fingerprint density at radius 1 is 0.554 bits per heavy atom. The normalized spacial score (nSPS) is 13.9. The lowest BCUT2D eigenvalue weighted by Crippen LogP contribution is -2.37. The fraction of sp³-hybridized carbons (Fsp3) is 0.826. The van der Waals surface area contributed by atoms with E-state index in [1.54, 1.807) is 0 Å². The molecule has 0 spiro atoms. The minimum Gasteiger partial charge on any atom is -0.462 e. The van der Waals surface area contributed by atoms with E-state index in [1.165, 1.54) is 89.9 Å². The van der Waals surface area contributed by atoms with Crippen molar-refractivity contribution in [1.29, 1.82) is 0 Å². The maximum Gasteiger partial charge on any atom is 0.472 e. The van der Waals surface area contributed by atoms with Crippen molar-refractivity contribution in [1.82, 2.24) is 0 Å². The molecule has 0 radical (unpaired) electrons. The van der Waals surface area contributed by atoms with Gasteiger partial charge < -0.3 is 18.9 Å². The molecule has 0 aromatic rings. The highest BCUT2D eigenvalue weighted by atomic mass is 31.2. The van der Waals surface area contributed by atoms with Crippen molar-refractivity contribution in [3.8, 4) is 0 Å². The second-order valence-electron chi connectivity index (χ2n) is 16.4. The van der Waals surface area contributed by atoms with E-state index >= 15 is 0 Å². The molecule has 0 amide bonds. The van der Waals surface area contributed by atoms with E-state index < -0.39 is 26.5 Å². The second-order valence-corrected chi connectivity index (χ2v) is 17.9. The number of hydrogen-bond donors (Lipinski definition) is 1. The van der Waals surface area contributed by atoms with Crippen LogP contribution in [0.15, 0.2) is 36.5 Å². The number of quaternary nitrogens is 1. The van der Waals surface area contributed by atoms with Gasteiger partial charge in [0.15, 0.2) is 6.10 Å². The Kier molecular flexibility index (Phi) is 37.5. The van der Waals surface area contributed by atoms with E-state index in [4.69, 9.17) is 18.5 Å². The molecule has 0 aliphatic rings. The van der Waals surface area contributed by atoms with Crippen LogP contribution in [0.5, 0.6) is 0 Å². The predicted octanol–water partition coefficient (Wildman–Crippen LogP) is 12.9. The Labute approximate surface area is 344 Å². The smallest absolute Gasteiger partial charge is 0.462 e. The number of allylic oxidation sites excluding steroid dienone is 6. The molecule has 0 aliphatic heterocycles. The minimum absolute atomic E-state index is 0.0295. The van der Waals surface area contributed by atoms with Crippen molar-refractivity contribution < 1.29 is 42.1 Å². The molecule has 1 unspecified atom stereocenters. The number of nitrogens with zero attached hydrogens (tertiary/aromatic N) is 1. The van der Waals surface area contributed by atoms with Crippen LogP contribution >= 0.6 is 7.82 Å². The van der Waals surface area contributed by atoms with Crippen molar-refractivity contribution in [2.75, 3.05) is 47.5 Å². The molecule has 328 valence electrons. The molecule has 0 saturated heterocycles. The van der Waals surface area contributed by atoms with Gasteiger partial charge >= 0.3 is 19.8 Å². The Morgan fingerprint density at radius 2 is 0.964 bits per heavy atom. The number of unbranched alkanes of at least 4 members (excludes halogenated alkanes) is 21. The zero-order valence-electron chi connectivity index (χ0n) is 36.9. The molecule has 0 aromatic carbocycles. The molecule has 0 aromatic heterocycles. The first kappa shape index (κ1) is 54.2. The summed E-state index contributed by atoms with van der Waals surface area (Å²) in [5.41, 5.74) is 0. The topological polar surface area (TPSA) is 108 Å². The Balaban J connectivity index is 4.33. The third-order valence-corrected chi connectivity index (χ3v) is 10.6. The fourth-order valence-electron chi connectivity index (χ4n) is 6.04. The van der Waals surface area contributed by atoms with Crippen molar-refractivity contribution in [2.24, 2.45) is 0 Å². The molecule has 0 aliphatic carbocycles. The number of esters is 2. The van der Waals surface area contributed by atoms with Crippen LogP contribution in [-0.2, 0) is 32.7 Å². The van der Waals surface area contributed by atoms with Gasteiger partial charge in [-0.05, 0) is 70.6 Å². The van der Waals surface area contributed by atoms with Gasteiger partial charge in [0.1, 0.15) is 19.8 Å². The third kappa shape index (κ3) is 41.9. The van der Waals surface area contributed by atoms with Crippen LogP contribution in [0.3, 0.4) is 0 Å². The quantitative estimate of drug-likeness (QED) is 0.0214. The maximum atomic E-state index is 12.7. The monoisotopic (exact) mass is 813 g/mol. The van der Waals surface area contributed by atoms with E-state index in [-0.39, 0.29) is 32.0 Å².